The standard InChI is InChI=1S/C17H18ClN3O3/c1-19(14-10-20(2)17(23)21(3)16(14)22)9-11-7-8-24-15-12(11)5-4-6-13(15)18/h4-7,10H,8-9H2,1-3H3. The van der Waals surface area contributed by atoms with E-state index in [1.165, 1.54) is 11.6 Å². The number of hydrogen-bond donors (Lipinski definition) is 0. The number of aromatic nitrogens is 2. The maximum Gasteiger partial charge on any atom is 0.330 e. The summed E-state index contributed by atoms with van der Waals surface area (Å²) in [6.45, 7) is 0.940. The van der Waals surface area contributed by atoms with Gasteiger partial charge in [0, 0.05) is 39.4 Å². The molecule has 1 aliphatic heterocycles. The van der Waals surface area contributed by atoms with Gasteiger partial charge >= 0.3 is 5.69 Å². The van der Waals surface area contributed by atoms with Gasteiger partial charge in [-0.05, 0) is 17.7 Å². The van der Waals surface area contributed by atoms with E-state index in [4.69, 9.17) is 16.3 Å². The molecule has 7 heteroatoms. The van der Waals surface area contributed by atoms with Crippen molar-refractivity contribution < 1.29 is 4.74 Å². The molecule has 0 bridgehead atoms. The van der Waals surface area contributed by atoms with E-state index >= 15 is 0 Å². The normalized spacial score (nSPS) is 13.1. The van der Waals surface area contributed by atoms with E-state index in [2.05, 4.69) is 0 Å². The molecule has 0 amide bonds. The van der Waals surface area contributed by atoms with Gasteiger partial charge in [0.1, 0.15) is 18.0 Å². The first-order valence-corrected chi connectivity index (χ1v) is 7.86. The molecule has 1 aromatic heterocycles. The van der Waals surface area contributed by atoms with E-state index in [0.29, 0.717) is 29.6 Å². The van der Waals surface area contributed by atoms with E-state index < -0.39 is 0 Å². The number of benzene rings is 1. The molecule has 0 fully saturated rings. The molecule has 0 saturated heterocycles. The molecule has 2 aromatic rings. The number of anilines is 1. The highest BCUT2D eigenvalue weighted by atomic mass is 35.5. The summed E-state index contributed by atoms with van der Waals surface area (Å²) in [7, 11) is 4.93. The van der Waals surface area contributed by atoms with Crippen LogP contribution in [0.1, 0.15) is 5.56 Å². The van der Waals surface area contributed by atoms with Crippen LogP contribution in [0.4, 0.5) is 5.69 Å². The predicted octanol–water partition coefficient (Wildman–Crippen LogP) is 1.65. The van der Waals surface area contributed by atoms with Crippen molar-refractivity contribution in [1.82, 2.24) is 9.13 Å². The summed E-state index contributed by atoms with van der Waals surface area (Å²) >= 11 is 6.19. The maximum atomic E-state index is 12.4. The molecule has 3 rings (SSSR count). The zero-order valence-electron chi connectivity index (χ0n) is 13.7. The number of para-hydroxylation sites is 1. The molecule has 6 nitrogen and oxygen atoms in total. The molecular weight excluding hydrogens is 330 g/mol. The third-order valence-corrected chi connectivity index (χ3v) is 4.42. The van der Waals surface area contributed by atoms with Crippen molar-refractivity contribution in [3.63, 3.8) is 0 Å². The number of aryl methyl sites for hydroxylation is 1. The number of halogens is 1. The highest BCUT2D eigenvalue weighted by Crippen LogP contribution is 2.36. The number of nitrogens with zero attached hydrogens (tertiary/aromatic N) is 3. The van der Waals surface area contributed by atoms with Gasteiger partial charge in [0.25, 0.3) is 5.56 Å². The maximum absolute atomic E-state index is 12.4. The van der Waals surface area contributed by atoms with Crippen LogP contribution in [-0.2, 0) is 14.1 Å². The van der Waals surface area contributed by atoms with E-state index in [9.17, 15) is 9.59 Å². The van der Waals surface area contributed by atoms with E-state index in [1.54, 1.807) is 19.3 Å². The van der Waals surface area contributed by atoms with Crippen LogP contribution in [-0.4, -0.2) is 29.3 Å². The van der Waals surface area contributed by atoms with Crippen LogP contribution in [0, 0.1) is 0 Å². The summed E-state index contributed by atoms with van der Waals surface area (Å²) in [5.74, 6) is 0.665. The predicted molar refractivity (Wildman–Crippen MR) is 95.1 cm³/mol. The zero-order chi connectivity index (χ0) is 17.4. The fourth-order valence-corrected chi connectivity index (χ4v) is 3.01. The van der Waals surface area contributed by atoms with Crippen molar-refractivity contribution >= 4 is 22.9 Å². The average molecular weight is 348 g/mol. The van der Waals surface area contributed by atoms with Crippen molar-refractivity contribution in [3.8, 4) is 5.75 Å². The SMILES string of the molecule is CN(CC1=CCOc2c(Cl)cccc21)c1cn(C)c(=O)n(C)c1=O. The van der Waals surface area contributed by atoms with Crippen LogP contribution < -0.4 is 20.9 Å². The summed E-state index contributed by atoms with van der Waals surface area (Å²) < 4.78 is 8.12. The second-order valence-corrected chi connectivity index (χ2v) is 6.19. The first-order valence-electron chi connectivity index (χ1n) is 7.48. The van der Waals surface area contributed by atoms with Crippen molar-refractivity contribution in [2.24, 2.45) is 14.1 Å². The lowest BCUT2D eigenvalue weighted by atomic mass is 10.0. The van der Waals surface area contributed by atoms with Gasteiger partial charge in [0.15, 0.2) is 0 Å². The van der Waals surface area contributed by atoms with Crippen molar-refractivity contribution in [1.29, 1.82) is 0 Å². The third kappa shape index (κ3) is 2.73. The Labute approximate surface area is 144 Å². The average Bonchev–Trinajstić information content (AvgIpc) is 2.57. The third-order valence-electron chi connectivity index (χ3n) is 4.12. The fourth-order valence-electron chi connectivity index (χ4n) is 2.79. The van der Waals surface area contributed by atoms with E-state index in [-0.39, 0.29) is 11.2 Å². The minimum atomic E-state index is -0.348. The van der Waals surface area contributed by atoms with Crippen LogP contribution in [0.2, 0.25) is 5.02 Å². The summed E-state index contributed by atoms with van der Waals surface area (Å²) in [4.78, 5) is 26.0. The molecule has 0 N–H and O–H groups in total. The first kappa shape index (κ1) is 16.4. The zero-order valence-corrected chi connectivity index (χ0v) is 14.5. The number of ether oxygens (including phenoxy) is 1. The quantitative estimate of drug-likeness (QED) is 0.847. The Balaban J connectivity index is 1.96. The number of fused-ring (bicyclic) bond motifs is 1. The second kappa shape index (κ2) is 6.20. The highest BCUT2D eigenvalue weighted by Gasteiger charge is 2.19. The van der Waals surface area contributed by atoms with Gasteiger partial charge in [-0.3, -0.25) is 9.36 Å². The van der Waals surface area contributed by atoms with Crippen LogP contribution in [0.5, 0.6) is 5.75 Å². The van der Waals surface area contributed by atoms with Gasteiger partial charge in [0.2, 0.25) is 0 Å². The van der Waals surface area contributed by atoms with Gasteiger partial charge in [-0.1, -0.05) is 23.7 Å². The molecular formula is C17H18ClN3O3. The minimum absolute atomic E-state index is 0.320. The van der Waals surface area contributed by atoms with Gasteiger partial charge in [0.05, 0.1) is 5.02 Å². The molecule has 0 radical (unpaired) electrons. The topological polar surface area (TPSA) is 56.5 Å². The Bertz CT molecular complexity index is 943. The number of rotatable bonds is 3. The molecule has 1 aromatic carbocycles. The van der Waals surface area contributed by atoms with E-state index in [0.717, 1.165) is 15.7 Å². The molecule has 2 heterocycles. The lowest BCUT2D eigenvalue weighted by Crippen LogP contribution is -2.40. The molecule has 126 valence electrons. The Morgan fingerprint density at radius 2 is 2.04 bits per heavy atom. The molecule has 24 heavy (non-hydrogen) atoms. The lowest BCUT2D eigenvalue weighted by Gasteiger charge is -2.25. The molecule has 0 aliphatic carbocycles. The van der Waals surface area contributed by atoms with Crippen LogP contribution >= 0.6 is 11.6 Å². The van der Waals surface area contributed by atoms with Crippen molar-refractivity contribution in [3.05, 3.63) is 61.9 Å². The van der Waals surface area contributed by atoms with Crippen LogP contribution in [0.25, 0.3) is 5.57 Å². The second-order valence-electron chi connectivity index (χ2n) is 5.78. The first-order chi connectivity index (χ1) is 11.4. The minimum Gasteiger partial charge on any atom is -0.487 e. The fraction of sp³-hybridized carbons (Fsp3) is 0.294. The largest absolute Gasteiger partial charge is 0.487 e. The van der Waals surface area contributed by atoms with Crippen LogP contribution in [0.3, 0.4) is 0 Å². The molecule has 1 aliphatic rings. The molecule has 0 atom stereocenters. The van der Waals surface area contributed by atoms with Gasteiger partial charge < -0.3 is 14.2 Å². The molecule has 0 spiro atoms. The van der Waals surface area contributed by atoms with Crippen molar-refractivity contribution in [2.45, 2.75) is 0 Å². The smallest absolute Gasteiger partial charge is 0.330 e. The van der Waals surface area contributed by atoms with Gasteiger partial charge in [-0.15, -0.1) is 0 Å². The summed E-state index contributed by atoms with van der Waals surface area (Å²) in [5.41, 5.74) is 1.73. The molecule has 0 saturated carbocycles. The summed E-state index contributed by atoms with van der Waals surface area (Å²) in [6, 6.07) is 5.60. The molecule has 0 unspecified atom stereocenters. The Kier molecular flexibility index (Phi) is 4.24. The van der Waals surface area contributed by atoms with Gasteiger partial charge in [-0.2, -0.15) is 0 Å². The van der Waals surface area contributed by atoms with E-state index in [1.807, 2.05) is 30.2 Å². The Hall–Kier alpha value is -2.47. The highest BCUT2D eigenvalue weighted by molar-refractivity contribution is 6.32. The van der Waals surface area contributed by atoms with Crippen molar-refractivity contribution in [2.75, 3.05) is 25.1 Å². The lowest BCUT2D eigenvalue weighted by molar-refractivity contribution is 0.357. The summed E-state index contributed by atoms with van der Waals surface area (Å²) in [5, 5.41) is 0.568. The van der Waals surface area contributed by atoms with Crippen LogP contribution in [0.15, 0.2) is 40.1 Å². The Morgan fingerprint density at radius 3 is 2.79 bits per heavy atom. The van der Waals surface area contributed by atoms with Gasteiger partial charge in [-0.25, -0.2) is 4.79 Å². The monoisotopic (exact) mass is 347 g/mol. The summed E-state index contributed by atoms with van der Waals surface area (Å²) in [6.07, 6.45) is 3.53. The Morgan fingerprint density at radius 1 is 1.29 bits per heavy atom. The number of hydrogen-bond acceptors (Lipinski definition) is 4. The number of likely N-dealkylation sites (N-methyl/N-ethyl adjacent to an activating group) is 1.